The van der Waals surface area contributed by atoms with Crippen molar-refractivity contribution in [3.63, 3.8) is 0 Å². The van der Waals surface area contributed by atoms with Crippen LogP contribution >= 0.6 is 0 Å². The van der Waals surface area contributed by atoms with E-state index in [1.165, 1.54) is 49.1 Å². The van der Waals surface area contributed by atoms with Gasteiger partial charge in [-0.1, -0.05) is 188 Å². The highest BCUT2D eigenvalue weighted by Crippen LogP contribution is 2.46. The number of para-hydroxylation sites is 3. The topological polar surface area (TPSA) is 52.4 Å². The molecule has 5 aromatic heterocycles. The molecular weight excluding hydrogens is 817 g/mol. The van der Waals surface area contributed by atoms with Crippen LogP contribution in [-0.4, -0.2) is 28.3 Å². The van der Waals surface area contributed by atoms with Crippen molar-refractivity contribution in [3.05, 3.63) is 231 Å². The van der Waals surface area contributed by atoms with Gasteiger partial charge in [0, 0.05) is 66.5 Å². The minimum atomic E-state index is 0.615. The molecule has 6 heteroatoms. The first-order valence-corrected chi connectivity index (χ1v) is 22.7. The summed E-state index contributed by atoms with van der Waals surface area (Å²) in [7, 11) is 0. The van der Waals surface area contributed by atoms with Crippen LogP contribution in [0.15, 0.2) is 231 Å². The minimum Gasteiger partial charge on any atom is -0.314 e. The minimum absolute atomic E-state index is 0.615. The van der Waals surface area contributed by atoms with Crippen LogP contribution in [0.1, 0.15) is 0 Å². The smallest absolute Gasteiger partial charge is 0.164 e. The first-order chi connectivity index (χ1) is 33.2. The summed E-state index contributed by atoms with van der Waals surface area (Å²) < 4.78 is 7.38. The summed E-state index contributed by atoms with van der Waals surface area (Å²) in [6.07, 6.45) is 2.25. The molecule has 6 nitrogen and oxygen atoms in total. The third-order valence-electron chi connectivity index (χ3n) is 13.4. The molecule has 5 heterocycles. The van der Waals surface area contributed by atoms with Gasteiger partial charge < -0.3 is 13.4 Å². The van der Waals surface area contributed by atoms with Crippen molar-refractivity contribution in [2.24, 2.45) is 0 Å². The molecule has 0 aliphatic rings. The number of hydrogen-bond acceptors (Lipinski definition) is 3. The highest BCUT2D eigenvalue weighted by Gasteiger charge is 2.24. The molecule has 0 radical (unpaired) electrons. The number of aromatic nitrogens is 6. The van der Waals surface area contributed by atoms with Gasteiger partial charge in [-0.3, -0.25) is 0 Å². The summed E-state index contributed by atoms with van der Waals surface area (Å²) in [6, 6.07) is 80.1. The molecule has 0 N–H and O–H groups in total. The molecule has 9 aromatic carbocycles. The molecule has 0 spiro atoms. The molecule has 0 aliphatic carbocycles. The molecule has 0 aliphatic heterocycles. The molecule has 0 amide bonds. The van der Waals surface area contributed by atoms with Crippen LogP contribution in [0.4, 0.5) is 0 Å². The summed E-state index contributed by atoms with van der Waals surface area (Å²) in [4.78, 5) is 15.2. The van der Waals surface area contributed by atoms with Crippen molar-refractivity contribution >= 4 is 65.4 Å². The lowest BCUT2D eigenvalue weighted by atomic mass is 9.97. The van der Waals surface area contributed by atoms with E-state index in [-0.39, 0.29) is 0 Å². The average Bonchev–Trinajstić information content (AvgIpc) is 4.09. The third kappa shape index (κ3) is 5.73. The molecule has 67 heavy (non-hydrogen) atoms. The molecule has 0 saturated carbocycles. The van der Waals surface area contributed by atoms with Crippen LogP contribution in [-0.2, 0) is 0 Å². The van der Waals surface area contributed by atoms with Gasteiger partial charge in [0.15, 0.2) is 17.5 Å². The van der Waals surface area contributed by atoms with Crippen molar-refractivity contribution in [3.8, 4) is 62.2 Å². The van der Waals surface area contributed by atoms with E-state index in [0.29, 0.717) is 17.5 Å². The Morgan fingerprint density at radius 1 is 0.313 bits per heavy atom. The SMILES string of the molecule is c1ccc(-c2nc(-c3ccccc3)nc(-c3cccc(-n4c5ccccc5c5cc6c(cc54)n4ccc5cccc(c7cccc8c(-c9ccccc9)c(-c9ccccc9)n6c87)c54)c3)n2)cc1. The van der Waals surface area contributed by atoms with Crippen LogP contribution < -0.4 is 0 Å². The number of rotatable bonds is 6. The standard InChI is InChI=1S/C61H38N6/c1-5-18-39(19-6-1)55-49-32-17-31-48-47-30-16-26-41-34-35-65(56(41)47)53-38-52-50(37-54(53)67(58(48)49)57(55)40-20-7-2-8-21-40)46-29-13-14-33-51(46)66(52)45-28-15-27-44(36-45)61-63-59(42-22-9-3-10-23-42)62-60(64-61)43-24-11-4-12-25-43/h1-38H. The first kappa shape index (κ1) is 37.3. The van der Waals surface area contributed by atoms with Gasteiger partial charge in [-0.15, -0.1) is 0 Å². The largest absolute Gasteiger partial charge is 0.314 e. The fourth-order valence-electron chi connectivity index (χ4n) is 10.5. The summed E-state index contributed by atoms with van der Waals surface area (Å²) in [5.41, 5.74) is 15.3. The van der Waals surface area contributed by atoms with E-state index in [4.69, 9.17) is 15.0 Å². The average molecular weight is 855 g/mol. The van der Waals surface area contributed by atoms with E-state index in [2.05, 4.69) is 183 Å². The maximum Gasteiger partial charge on any atom is 0.164 e. The maximum atomic E-state index is 5.12. The lowest BCUT2D eigenvalue weighted by molar-refractivity contribution is 1.07. The highest BCUT2D eigenvalue weighted by atomic mass is 15.0. The van der Waals surface area contributed by atoms with E-state index in [1.807, 2.05) is 60.7 Å². The van der Waals surface area contributed by atoms with E-state index in [1.54, 1.807) is 0 Å². The molecule has 0 fully saturated rings. The van der Waals surface area contributed by atoms with E-state index in [9.17, 15) is 0 Å². The van der Waals surface area contributed by atoms with Gasteiger partial charge in [0.1, 0.15) is 0 Å². The fraction of sp³-hybridized carbons (Fsp3) is 0. The summed E-state index contributed by atoms with van der Waals surface area (Å²) in [5.74, 6) is 1.88. The van der Waals surface area contributed by atoms with Gasteiger partial charge >= 0.3 is 0 Å². The van der Waals surface area contributed by atoms with Gasteiger partial charge in [-0.2, -0.15) is 0 Å². The predicted molar refractivity (Wildman–Crippen MR) is 276 cm³/mol. The summed E-state index contributed by atoms with van der Waals surface area (Å²) in [5, 5.41) is 7.15. The van der Waals surface area contributed by atoms with Gasteiger partial charge in [0.05, 0.1) is 38.8 Å². The second-order valence-corrected chi connectivity index (χ2v) is 17.2. The van der Waals surface area contributed by atoms with Crippen molar-refractivity contribution in [2.75, 3.05) is 0 Å². The zero-order chi connectivity index (χ0) is 44.0. The lowest BCUT2D eigenvalue weighted by Crippen LogP contribution is -2.01. The Labute approximate surface area is 384 Å². The zero-order valence-electron chi connectivity index (χ0n) is 36.1. The van der Waals surface area contributed by atoms with Crippen molar-refractivity contribution in [1.29, 1.82) is 0 Å². The number of benzene rings is 9. The van der Waals surface area contributed by atoms with Crippen LogP contribution in [0.2, 0.25) is 0 Å². The Balaban J connectivity index is 1.11. The molecule has 0 atom stereocenters. The number of hydrogen-bond donors (Lipinski definition) is 0. The Kier molecular flexibility index (Phi) is 8.18. The molecular formula is C61H38N6. The van der Waals surface area contributed by atoms with E-state index >= 15 is 0 Å². The fourth-order valence-corrected chi connectivity index (χ4v) is 10.5. The molecule has 312 valence electrons. The van der Waals surface area contributed by atoms with E-state index in [0.717, 1.165) is 61.1 Å². The molecule has 14 aromatic rings. The van der Waals surface area contributed by atoms with Crippen molar-refractivity contribution in [1.82, 2.24) is 28.3 Å². The van der Waals surface area contributed by atoms with Crippen LogP contribution in [0.25, 0.3) is 128 Å². The predicted octanol–water partition coefficient (Wildman–Crippen LogP) is 15.3. The maximum absolute atomic E-state index is 5.12. The molecule has 14 rings (SSSR count). The van der Waals surface area contributed by atoms with Gasteiger partial charge in [0.25, 0.3) is 0 Å². The molecule has 0 saturated heterocycles. The van der Waals surface area contributed by atoms with Crippen molar-refractivity contribution in [2.45, 2.75) is 0 Å². The highest BCUT2D eigenvalue weighted by molar-refractivity contribution is 6.21. The summed E-state index contributed by atoms with van der Waals surface area (Å²) in [6.45, 7) is 0. The Morgan fingerprint density at radius 3 is 1.55 bits per heavy atom. The van der Waals surface area contributed by atoms with Crippen molar-refractivity contribution < 1.29 is 0 Å². The quantitative estimate of drug-likeness (QED) is 0.167. The second-order valence-electron chi connectivity index (χ2n) is 17.2. The Morgan fingerprint density at radius 2 is 0.851 bits per heavy atom. The normalized spacial score (nSPS) is 11.9. The van der Waals surface area contributed by atoms with Crippen LogP contribution in [0.5, 0.6) is 0 Å². The molecule has 0 bridgehead atoms. The second kappa shape index (κ2) is 14.7. The van der Waals surface area contributed by atoms with Gasteiger partial charge in [-0.25, -0.2) is 15.0 Å². The Bertz CT molecular complexity index is 4190. The number of nitrogens with zero attached hydrogens (tertiary/aromatic N) is 6. The Hall–Kier alpha value is -9.13. The third-order valence-corrected chi connectivity index (χ3v) is 13.4. The van der Waals surface area contributed by atoms with Gasteiger partial charge in [-0.05, 0) is 47.5 Å². The zero-order valence-corrected chi connectivity index (χ0v) is 36.1. The van der Waals surface area contributed by atoms with Crippen LogP contribution in [0, 0.1) is 0 Å². The van der Waals surface area contributed by atoms with Crippen LogP contribution in [0.3, 0.4) is 0 Å². The monoisotopic (exact) mass is 854 g/mol. The number of fused-ring (bicyclic) bond motifs is 7. The first-order valence-electron chi connectivity index (χ1n) is 22.7. The van der Waals surface area contributed by atoms with E-state index < -0.39 is 0 Å². The summed E-state index contributed by atoms with van der Waals surface area (Å²) >= 11 is 0. The lowest BCUT2D eigenvalue weighted by Gasteiger charge is -2.14. The van der Waals surface area contributed by atoms with Gasteiger partial charge in [0.2, 0.25) is 0 Å². The molecule has 0 unspecified atom stereocenters.